The molecule has 0 radical (unpaired) electrons. The van der Waals surface area contributed by atoms with Gasteiger partial charge in [0, 0.05) is 10.9 Å². The van der Waals surface area contributed by atoms with Crippen LogP contribution < -0.4 is 0 Å². The number of nitrogens with zero attached hydrogens (tertiary/aromatic N) is 2. The molecule has 24 heavy (non-hydrogen) atoms. The van der Waals surface area contributed by atoms with Gasteiger partial charge in [-0.15, -0.1) is 11.3 Å². The second-order valence-corrected chi connectivity index (χ2v) is 7.35. The van der Waals surface area contributed by atoms with E-state index in [9.17, 15) is 0 Å². The smallest absolute Gasteiger partial charge is 0.107 e. The summed E-state index contributed by atoms with van der Waals surface area (Å²) in [6.45, 7) is 3.45. The van der Waals surface area contributed by atoms with Gasteiger partial charge in [-0.25, -0.2) is 4.98 Å². The lowest BCUT2D eigenvalue weighted by Gasteiger charge is -2.25. The Hall–Kier alpha value is -1.97. The SMILES string of the molecule is c1ccc(-c2ccc(-c3csc(CN4CCCCC4)n3)cc2)cc1. The van der Waals surface area contributed by atoms with Crippen LogP contribution in [0.25, 0.3) is 22.4 Å². The lowest BCUT2D eigenvalue weighted by Crippen LogP contribution is -2.28. The Balaban J connectivity index is 1.48. The van der Waals surface area contributed by atoms with Crippen LogP contribution in [0.15, 0.2) is 60.0 Å². The van der Waals surface area contributed by atoms with Crippen molar-refractivity contribution in [3.63, 3.8) is 0 Å². The first-order valence-corrected chi connectivity index (χ1v) is 9.59. The van der Waals surface area contributed by atoms with Gasteiger partial charge in [-0.05, 0) is 37.1 Å². The maximum atomic E-state index is 4.85. The predicted octanol–water partition coefficient (Wildman–Crippen LogP) is 5.46. The summed E-state index contributed by atoms with van der Waals surface area (Å²) in [6.07, 6.45) is 4.05. The van der Waals surface area contributed by atoms with Crippen LogP contribution in [0.5, 0.6) is 0 Å². The van der Waals surface area contributed by atoms with E-state index in [1.807, 2.05) is 0 Å². The minimum Gasteiger partial charge on any atom is -0.297 e. The summed E-state index contributed by atoms with van der Waals surface area (Å²) in [5, 5.41) is 3.43. The number of hydrogen-bond acceptors (Lipinski definition) is 3. The molecule has 3 aromatic rings. The lowest BCUT2D eigenvalue weighted by atomic mass is 10.0. The molecule has 0 bridgehead atoms. The van der Waals surface area contributed by atoms with Crippen LogP contribution in [-0.2, 0) is 6.54 Å². The zero-order valence-electron chi connectivity index (χ0n) is 13.8. The highest BCUT2D eigenvalue weighted by Gasteiger charge is 2.13. The lowest BCUT2D eigenvalue weighted by molar-refractivity contribution is 0.220. The summed E-state index contributed by atoms with van der Waals surface area (Å²) in [6, 6.07) is 19.3. The molecule has 0 spiro atoms. The molecule has 0 amide bonds. The van der Waals surface area contributed by atoms with E-state index in [1.54, 1.807) is 11.3 Å². The molecule has 0 aliphatic carbocycles. The van der Waals surface area contributed by atoms with Crippen molar-refractivity contribution >= 4 is 11.3 Å². The number of thiazole rings is 1. The second-order valence-electron chi connectivity index (χ2n) is 6.41. The van der Waals surface area contributed by atoms with E-state index in [4.69, 9.17) is 4.98 Å². The van der Waals surface area contributed by atoms with E-state index in [2.05, 4.69) is 64.9 Å². The van der Waals surface area contributed by atoms with Crippen molar-refractivity contribution in [1.29, 1.82) is 0 Å². The van der Waals surface area contributed by atoms with Crippen molar-refractivity contribution in [2.75, 3.05) is 13.1 Å². The van der Waals surface area contributed by atoms with E-state index in [-0.39, 0.29) is 0 Å². The third-order valence-corrected chi connectivity index (χ3v) is 5.48. The van der Waals surface area contributed by atoms with E-state index in [0.29, 0.717) is 0 Å². The Kier molecular flexibility index (Phi) is 4.72. The highest BCUT2D eigenvalue weighted by Crippen LogP contribution is 2.26. The number of likely N-dealkylation sites (tertiary alicyclic amines) is 1. The van der Waals surface area contributed by atoms with Gasteiger partial charge in [-0.2, -0.15) is 0 Å². The molecule has 4 rings (SSSR count). The molecular weight excluding hydrogens is 312 g/mol. The van der Waals surface area contributed by atoms with E-state index < -0.39 is 0 Å². The molecule has 122 valence electrons. The van der Waals surface area contributed by atoms with Gasteiger partial charge >= 0.3 is 0 Å². The fourth-order valence-corrected chi connectivity index (χ4v) is 4.13. The summed E-state index contributed by atoms with van der Waals surface area (Å²) in [4.78, 5) is 7.39. The molecule has 2 aromatic carbocycles. The quantitative estimate of drug-likeness (QED) is 0.629. The maximum absolute atomic E-state index is 4.85. The van der Waals surface area contributed by atoms with Gasteiger partial charge < -0.3 is 0 Å². The molecule has 0 unspecified atom stereocenters. The number of rotatable bonds is 4. The number of piperidine rings is 1. The Morgan fingerprint density at radius 1 is 0.792 bits per heavy atom. The van der Waals surface area contributed by atoms with Crippen LogP contribution in [0.3, 0.4) is 0 Å². The molecule has 1 aliphatic rings. The van der Waals surface area contributed by atoms with Crippen molar-refractivity contribution in [3.05, 3.63) is 65.0 Å². The fraction of sp³-hybridized carbons (Fsp3) is 0.286. The van der Waals surface area contributed by atoms with Crippen LogP contribution in [0.4, 0.5) is 0 Å². The monoisotopic (exact) mass is 334 g/mol. The highest BCUT2D eigenvalue weighted by atomic mass is 32.1. The number of hydrogen-bond donors (Lipinski definition) is 0. The van der Waals surface area contributed by atoms with Gasteiger partial charge in [-0.3, -0.25) is 4.90 Å². The molecule has 2 nitrogen and oxygen atoms in total. The number of aromatic nitrogens is 1. The number of benzene rings is 2. The maximum Gasteiger partial charge on any atom is 0.107 e. The normalized spacial score (nSPS) is 15.5. The summed E-state index contributed by atoms with van der Waals surface area (Å²) < 4.78 is 0. The molecule has 1 aliphatic heterocycles. The van der Waals surface area contributed by atoms with Gasteiger partial charge in [0.15, 0.2) is 0 Å². The minimum absolute atomic E-state index is 1.01. The molecule has 1 aromatic heterocycles. The molecule has 3 heteroatoms. The third-order valence-electron chi connectivity index (χ3n) is 4.65. The van der Waals surface area contributed by atoms with Crippen LogP contribution in [0.2, 0.25) is 0 Å². The molecule has 0 atom stereocenters. The van der Waals surface area contributed by atoms with Gasteiger partial charge in [0.2, 0.25) is 0 Å². The molecular formula is C21H22N2S. The van der Waals surface area contributed by atoms with Gasteiger partial charge in [-0.1, -0.05) is 61.0 Å². The standard InChI is InChI=1S/C21H22N2S/c1-3-7-17(8-4-1)18-9-11-19(12-10-18)20-16-24-21(22-20)15-23-13-5-2-6-14-23/h1,3-4,7-12,16H,2,5-6,13-15H2. The largest absolute Gasteiger partial charge is 0.297 e. The van der Waals surface area contributed by atoms with Crippen molar-refractivity contribution < 1.29 is 0 Å². The zero-order chi connectivity index (χ0) is 16.2. The summed E-state index contributed by atoms with van der Waals surface area (Å²) in [5.41, 5.74) is 4.82. The van der Waals surface area contributed by atoms with Gasteiger partial charge in [0.1, 0.15) is 5.01 Å². The zero-order valence-corrected chi connectivity index (χ0v) is 14.6. The molecule has 2 heterocycles. The van der Waals surface area contributed by atoms with Crippen LogP contribution in [0, 0.1) is 0 Å². The average molecular weight is 334 g/mol. The van der Waals surface area contributed by atoms with Crippen molar-refractivity contribution in [2.45, 2.75) is 25.8 Å². The Labute approximate surface area is 147 Å². The Bertz CT molecular complexity index is 771. The first-order valence-electron chi connectivity index (χ1n) is 8.71. The fourth-order valence-electron chi connectivity index (χ4n) is 3.29. The van der Waals surface area contributed by atoms with Crippen molar-refractivity contribution in [1.82, 2.24) is 9.88 Å². The van der Waals surface area contributed by atoms with E-state index in [1.165, 1.54) is 54.0 Å². The first-order chi connectivity index (χ1) is 11.9. The molecule has 0 saturated carbocycles. The summed E-state index contributed by atoms with van der Waals surface area (Å²) in [7, 11) is 0. The first kappa shape index (κ1) is 15.6. The highest BCUT2D eigenvalue weighted by molar-refractivity contribution is 7.09. The Morgan fingerprint density at radius 2 is 1.46 bits per heavy atom. The molecule has 1 saturated heterocycles. The van der Waals surface area contributed by atoms with Crippen LogP contribution in [0.1, 0.15) is 24.3 Å². The summed E-state index contributed by atoms with van der Waals surface area (Å²) in [5.74, 6) is 0. The van der Waals surface area contributed by atoms with E-state index in [0.717, 1.165) is 12.2 Å². The van der Waals surface area contributed by atoms with E-state index >= 15 is 0 Å². The third kappa shape index (κ3) is 3.58. The van der Waals surface area contributed by atoms with Gasteiger partial charge in [0.05, 0.1) is 12.2 Å². The predicted molar refractivity (Wildman–Crippen MR) is 102 cm³/mol. The van der Waals surface area contributed by atoms with Crippen molar-refractivity contribution in [2.24, 2.45) is 0 Å². The van der Waals surface area contributed by atoms with Crippen molar-refractivity contribution in [3.8, 4) is 22.4 Å². The van der Waals surface area contributed by atoms with Crippen LogP contribution >= 0.6 is 11.3 Å². The minimum atomic E-state index is 1.01. The summed E-state index contributed by atoms with van der Waals surface area (Å²) >= 11 is 1.79. The Morgan fingerprint density at radius 3 is 2.21 bits per heavy atom. The van der Waals surface area contributed by atoms with Crippen LogP contribution in [-0.4, -0.2) is 23.0 Å². The second kappa shape index (κ2) is 7.29. The molecule has 1 fully saturated rings. The van der Waals surface area contributed by atoms with Gasteiger partial charge in [0.25, 0.3) is 0 Å². The average Bonchev–Trinajstić information content (AvgIpc) is 3.12. The molecule has 0 N–H and O–H groups in total. The topological polar surface area (TPSA) is 16.1 Å².